The molecule has 134 valence electrons. The largest absolute Gasteiger partial charge is 0.371 e. The van der Waals surface area contributed by atoms with Crippen molar-refractivity contribution in [2.45, 2.75) is 26.3 Å². The van der Waals surface area contributed by atoms with Crippen LogP contribution >= 0.6 is 11.6 Å². The molecule has 0 aromatic heterocycles. The first-order valence-corrected chi connectivity index (χ1v) is 9.22. The maximum Gasteiger partial charge on any atom is 0.223 e. The first-order chi connectivity index (χ1) is 12.6. The van der Waals surface area contributed by atoms with E-state index in [1.807, 2.05) is 24.3 Å². The molecule has 1 aliphatic heterocycles. The van der Waals surface area contributed by atoms with Crippen LogP contribution in [-0.4, -0.2) is 19.0 Å². The number of benzene rings is 2. The van der Waals surface area contributed by atoms with Crippen LogP contribution in [0.4, 0.5) is 5.69 Å². The van der Waals surface area contributed by atoms with Crippen molar-refractivity contribution >= 4 is 23.2 Å². The third-order valence-electron chi connectivity index (χ3n) is 4.89. The molecule has 0 aliphatic carbocycles. The molecule has 0 atom stereocenters. The molecule has 3 rings (SSSR count). The number of anilines is 1. The standard InChI is InChI=1S/C21H22ClN3O/c1-15-2-4-16(5-3-15)14-24-21(26)17-8-10-25(11-9-17)19-7-6-18(13-23)20(22)12-19/h2-7,12,17H,8-11,14H2,1H3,(H,24,26). The van der Waals surface area contributed by atoms with Crippen LogP contribution in [0.5, 0.6) is 0 Å². The number of amides is 1. The molecule has 0 radical (unpaired) electrons. The van der Waals surface area contributed by atoms with Crippen molar-refractivity contribution in [3.63, 3.8) is 0 Å². The second-order valence-electron chi connectivity index (χ2n) is 6.74. The summed E-state index contributed by atoms with van der Waals surface area (Å²) in [6, 6.07) is 15.8. The summed E-state index contributed by atoms with van der Waals surface area (Å²) in [5, 5.41) is 12.5. The van der Waals surface area contributed by atoms with E-state index in [1.165, 1.54) is 5.56 Å². The van der Waals surface area contributed by atoms with Crippen LogP contribution in [0.25, 0.3) is 0 Å². The number of nitrogens with one attached hydrogen (secondary N) is 1. The number of halogens is 1. The van der Waals surface area contributed by atoms with Crippen molar-refractivity contribution in [1.29, 1.82) is 5.26 Å². The summed E-state index contributed by atoms with van der Waals surface area (Å²) in [5.74, 6) is 0.175. The molecule has 4 nitrogen and oxygen atoms in total. The van der Waals surface area contributed by atoms with E-state index < -0.39 is 0 Å². The van der Waals surface area contributed by atoms with E-state index in [-0.39, 0.29) is 11.8 Å². The lowest BCUT2D eigenvalue weighted by molar-refractivity contribution is -0.125. The summed E-state index contributed by atoms with van der Waals surface area (Å²) in [7, 11) is 0. The van der Waals surface area contributed by atoms with Crippen LogP contribution in [0.15, 0.2) is 42.5 Å². The van der Waals surface area contributed by atoms with Crippen LogP contribution in [0, 0.1) is 24.2 Å². The summed E-state index contributed by atoms with van der Waals surface area (Å²) >= 11 is 6.12. The van der Waals surface area contributed by atoms with Crippen LogP contribution in [0.3, 0.4) is 0 Å². The van der Waals surface area contributed by atoms with E-state index in [2.05, 4.69) is 35.3 Å². The summed E-state index contributed by atoms with van der Waals surface area (Å²) in [5.41, 5.74) is 3.83. The van der Waals surface area contributed by atoms with Crippen LogP contribution in [0.2, 0.25) is 5.02 Å². The highest BCUT2D eigenvalue weighted by molar-refractivity contribution is 6.32. The third kappa shape index (κ3) is 4.36. The fourth-order valence-electron chi connectivity index (χ4n) is 3.23. The fourth-order valence-corrected chi connectivity index (χ4v) is 3.45. The summed E-state index contributed by atoms with van der Waals surface area (Å²) < 4.78 is 0. The number of aryl methyl sites for hydroxylation is 1. The minimum absolute atomic E-state index is 0.0468. The van der Waals surface area contributed by atoms with Gasteiger partial charge in [-0.2, -0.15) is 5.26 Å². The van der Waals surface area contributed by atoms with Gasteiger partial charge in [-0.05, 0) is 43.5 Å². The predicted molar refractivity (Wildman–Crippen MR) is 104 cm³/mol. The van der Waals surface area contributed by atoms with E-state index in [0.717, 1.165) is 37.2 Å². The Morgan fingerprint density at radius 2 is 1.92 bits per heavy atom. The van der Waals surface area contributed by atoms with Crippen molar-refractivity contribution < 1.29 is 4.79 Å². The zero-order valence-electron chi connectivity index (χ0n) is 14.8. The van der Waals surface area contributed by atoms with E-state index in [4.69, 9.17) is 16.9 Å². The summed E-state index contributed by atoms with van der Waals surface area (Å²) in [6.45, 7) is 4.25. The van der Waals surface area contributed by atoms with Gasteiger partial charge in [-0.15, -0.1) is 0 Å². The molecule has 1 aliphatic rings. The monoisotopic (exact) mass is 367 g/mol. The summed E-state index contributed by atoms with van der Waals surface area (Å²) in [4.78, 5) is 14.7. The molecule has 0 saturated carbocycles. The molecular weight excluding hydrogens is 346 g/mol. The van der Waals surface area contributed by atoms with Gasteiger partial charge >= 0.3 is 0 Å². The lowest BCUT2D eigenvalue weighted by Gasteiger charge is -2.33. The molecule has 2 aromatic carbocycles. The van der Waals surface area contributed by atoms with E-state index in [0.29, 0.717) is 17.1 Å². The molecule has 2 aromatic rings. The van der Waals surface area contributed by atoms with E-state index in [9.17, 15) is 4.79 Å². The first kappa shape index (κ1) is 18.3. The van der Waals surface area contributed by atoms with Gasteiger partial charge in [0.2, 0.25) is 5.91 Å². The van der Waals surface area contributed by atoms with Crippen LogP contribution < -0.4 is 10.2 Å². The van der Waals surface area contributed by atoms with Gasteiger partial charge in [0.25, 0.3) is 0 Å². The zero-order valence-corrected chi connectivity index (χ0v) is 15.6. The normalized spacial score (nSPS) is 14.7. The van der Waals surface area contributed by atoms with Crippen molar-refractivity contribution in [3.05, 3.63) is 64.2 Å². The van der Waals surface area contributed by atoms with Gasteiger partial charge in [0.05, 0.1) is 10.6 Å². The number of rotatable bonds is 4. The molecule has 1 heterocycles. The van der Waals surface area contributed by atoms with Crippen LogP contribution in [0.1, 0.15) is 29.5 Å². The van der Waals surface area contributed by atoms with Gasteiger partial charge < -0.3 is 10.2 Å². The highest BCUT2D eigenvalue weighted by atomic mass is 35.5. The lowest BCUT2D eigenvalue weighted by Crippen LogP contribution is -2.40. The molecular formula is C21H22ClN3O. The highest BCUT2D eigenvalue weighted by Crippen LogP contribution is 2.27. The second-order valence-corrected chi connectivity index (χ2v) is 7.15. The zero-order chi connectivity index (χ0) is 18.5. The van der Waals surface area contributed by atoms with Crippen molar-refractivity contribution in [3.8, 4) is 6.07 Å². The predicted octanol–water partition coefficient (Wildman–Crippen LogP) is 4.05. The molecule has 1 saturated heterocycles. The average Bonchev–Trinajstić information content (AvgIpc) is 2.67. The van der Waals surface area contributed by atoms with E-state index in [1.54, 1.807) is 6.07 Å². The topological polar surface area (TPSA) is 56.1 Å². The Hall–Kier alpha value is -2.51. The van der Waals surface area contributed by atoms with Gasteiger partial charge in [0, 0.05) is 31.2 Å². The Bertz CT molecular complexity index is 818. The Labute approximate surface area is 159 Å². The molecule has 0 spiro atoms. The first-order valence-electron chi connectivity index (χ1n) is 8.84. The molecule has 1 fully saturated rings. The Morgan fingerprint density at radius 1 is 1.23 bits per heavy atom. The van der Waals surface area contributed by atoms with Crippen molar-refractivity contribution in [2.24, 2.45) is 5.92 Å². The van der Waals surface area contributed by atoms with Gasteiger partial charge in [-0.3, -0.25) is 4.79 Å². The quantitative estimate of drug-likeness (QED) is 0.886. The Kier molecular flexibility index (Phi) is 5.80. The minimum Gasteiger partial charge on any atom is -0.371 e. The number of hydrogen-bond donors (Lipinski definition) is 1. The number of carbonyl (C=O) groups excluding carboxylic acids is 1. The third-order valence-corrected chi connectivity index (χ3v) is 5.20. The number of nitriles is 1. The number of piperidine rings is 1. The van der Waals surface area contributed by atoms with Crippen molar-refractivity contribution in [1.82, 2.24) is 5.32 Å². The smallest absolute Gasteiger partial charge is 0.223 e. The SMILES string of the molecule is Cc1ccc(CNC(=O)C2CCN(c3ccc(C#N)c(Cl)c3)CC2)cc1. The minimum atomic E-state index is 0.0468. The van der Waals surface area contributed by atoms with Gasteiger partial charge in [0.1, 0.15) is 6.07 Å². The molecule has 5 heteroatoms. The number of carbonyl (C=O) groups is 1. The molecule has 1 N–H and O–H groups in total. The average molecular weight is 368 g/mol. The lowest BCUT2D eigenvalue weighted by atomic mass is 9.95. The maximum absolute atomic E-state index is 12.4. The second kappa shape index (κ2) is 8.25. The highest BCUT2D eigenvalue weighted by Gasteiger charge is 2.25. The maximum atomic E-state index is 12.4. The van der Waals surface area contributed by atoms with Crippen LogP contribution in [-0.2, 0) is 11.3 Å². The molecule has 1 amide bonds. The molecule has 0 bridgehead atoms. The summed E-state index contributed by atoms with van der Waals surface area (Å²) in [6.07, 6.45) is 1.63. The van der Waals surface area contributed by atoms with Gasteiger partial charge in [-0.1, -0.05) is 41.4 Å². The van der Waals surface area contributed by atoms with Gasteiger partial charge in [0.15, 0.2) is 0 Å². The van der Waals surface area contributed by atoms with Crippen molar-refractivity contribution in [2.75, 3.05) is 18.0 Å². The van der Waals surface area contributed by atoms with Gasteiger partial charge in [-0.25, -0.2) is 0 Å². The Balaban J connectivity index is 1.51. The number of nitrogens with zero attached hydrogens (tertiary/aromatic N) is 2. The van der Waals surface area contributed by atoms with E-state index >= 15 is 0 Å². The fraction of sp³-hybridized carbons (Fsp3) is 0.333. The molecule has 26 heavy (non-hydrogen) atoms. The molecule has 0 unspecified atom stereocenters. The Morgan fingerprint density at radius 3 is 2.54 bits per heavy atom. The number of hydrogen-bond acceptors (Lipinski definition) is 3.